The predicted molar refractivity (Wildman–Crippen MR) is 40.2 cm³/mol. The number of rotatable bonds is 1. The van der Waals surface area contributed by atoms with Crippen LogP contribution in [-0.2, 0) is 6.18 Å². The van der Waals surface area contributed by atoms with Crippen molar-refractivity contribution in [2.24, 2.45) is 0 Å². The molecule has 0 amide bonds. The maximum absolute atomic E-state index is 12.2. The van der Waals surface area contributed by atoms with Crippen molar-refractivity contribution in [3.63, 3.8) is 0 Å². The first-order chi connectivity index (χ1) is 5.96. The maximum atomic E-state index is 12.2. The first-order valence-corrected chi connectivity index (χ1v) is 3.32. The van der Waals surface area contributed by atoms with Crippen molar-refractivity contribution in [1.82, 2.24) is 4.98 Å². The van der Waals surface area contributed by atoms with Crippen molar-refractivity contribution < 1.29 is 17.9 Å². The van der Waals surface area contributed by atoms with Gasteiger partial charge in [-0.2, -0.15) is 13.2 Å². The number of hydrogen-bond donors (Lipinski definition) is 1. The number of pyridine rings is 1. The molecule has 0 fully saturated rings. The fraction of sp³-hybridized carbons (Fsp3) is 0.286. The average Bonchev–Trinajstić information content (AvgIpc) is 2.02. The molecular formula is C7H7F3N2O. The van der Waals surface area contributed by atoms with E-state index in [4.69, 9.17) is 5.73 Å². The van der Waals surface area contributed by atoms with Crippen molar-refractivity contribution in [2.75, 3.05) is 12.8 Å². The molecule has 6 heteroatoms. The van der Waals surface area contributed by atoms with Gasteiger partial charge < -0.3 is 10.5 Å². The lowest BCUT2D eigenvalue weighted by Gasteiger charge is -2.10. The minimum Gasteiger partial charge on any atom is -0.494 e. The molecule has 1 rings (SSSR count). The normalized spacial score (nSPS) is 11.4. The number of nitrogens with two attached hydrogens (primary N) is 1. The molecule has 0 unspecified atom stereocenters. The number of nitrogen functional groups attached to an aromatic ring is 1. The zero-order chi connectivity index (χ0) is 10.1. The molecule has 0 aromatic carbocycles. The molecule has 72 valence electrons. The number of nitrogens with zero attached hydrogens (tertiary/aromatic N) is 1. The van der Waals surface area contributed by atoms with Gasteiger partial charge in [0.2, 0.25) is 0 Å². The van der Waals surface area contributed by atoms with Gasteiger partial charge in [0.1, 0.15) is 11.4 Å². The molecule has 1 aromatic heterocycles. The van der Waals surface area contributed by atoms with E-state index in [1.54, 1.807) is 0 Å². The minimum absolute atomic E-state index is 0.0256. The summed E-state index contributed by atoms with van der Waals surface area (Å²) in [6.45, 7) is 0. The standard InChI is InChI=1S/C7H7F3N2O/c1-13-4-2-3-12-6(5(4)11)7(8,9)10/h2-3H,11H2,1H3. The number of halogens is 3. The lowest BCUT2D eigenvalue weighted by atomic mass is 10.3. The van der Waals surface area contributed by atoms with E-state index in [0.29, 0.717) is 0 Å². The number of methoxy groups -OCH3 is 1. The molecule has 1 heterocycles. The van der Waals surface area contributed by atoms with Gasteiger partial charge in [-0.25, -0.2) is 4.98 Å². The second-order valence-corrected chi connectivity index (χ2v) is 2.27. The summed E-state index contributed by atoms with van der Waals surface area (Å²) in [6, 6.07) is 1.27. The molecule has 0 bridgehead atoms. The third-order valence-corrected chi connectivity index (χ3v) is 1.44. The zero-order valence-corrected chi connectivity index (χ0v) is 6.72. The first kappa shape index (κ1) is 9.63. The Morgan fingerprint density at radius 2 is 2.08 bits per heavy atom. The smallest absolute Gasteiger partial charge is 0.435 e. The SMILES string of the molecule is COc1ccnc(C(F)(F)F)c1N. The summed E-state index contributed by atoms with van der Waals surface area (Å²) < 4.78 is 41.1. The highest BCUT2D eigenvalue weighted by atomic mass is 19.4. The maximum Gasteiger partial charge on any atom is 0.435 e. The van der Waals surface area contributed by atoms with Crippen molar-refractivity contribution in [1.29, 1.82) is 0 Å². The van der Waals surface area contributed by atoms with Crippen molar-refractivity contribution in [3.8, 4) is 5.75 Å². The summed E-state index contributed by atoms with van der Waals surface area (Å²) >= 11 is 0. The third kappa shape index (κ3) is 1.82. The highest BCUT2D eigenvalue weighted by molar-refractivity contribution is 5.56. The van der Waals surface area contributed by atoms with E-state index in [9.17, 15) is 13.2 Å². The third-order valence-electron chi connectivity index (χ3n) is 1.44. The molecule has 0 aliphatic carbocycles. The van der Waals surface area contributed by atoms with Crippen LogP contribution < -0.4 is 10.5 Å². The van der Waals surface area contributed by atoms with Crippen LogP contribution in [0.1, 0.15) is 5.69 Å². The molecule has 0 atom stereocenters. The quantitative estimate of drug-likeness (QED) is 0.736. The summed E-state index contributed by atoms with van der Waals surface area (Å²) in [5, 5.41) is 0. The van der Waals surface area contributed by atoms with Crippen LogP contribution in [0.15, 0.2) is 12.3 Å². The van der Waals surface area contributed by atoms with Crippen LogP contribution in [0.2, 0.25) is 0 Å². The van der Waals surface area contributed by atoms with Crippen LogP contribution in [-0.4, -0.2) is 12.1 Å². The van der Waals surface area contributed by atoms with E-state index in [1.807, 2.05) is 0 Å². The summed E-state index contributed by atoms with van der Waals surface area (Å²) in [7, 11) is 1.24. The molecule has 2 N–H and O–H groups in total. The highest BCUT2D eigenvalue weighted by Gasteiger charge is 2.35. The molecule has 0 aliphatic heterocycles. The largest absolute Gasteiger partial charge is 0.494 e. The van der Waals surface area contributed by atoms with Gasteiger partial charge in [-0.05, 0) is 0 Å². The van der Waals surface area contributed by atoms with E-state index >= 15 is 0 Å². The Morgan fingerprint density at radius 1 is 1.46 bits per heavy atom. The minimum atomic E-state index is -4.54. The van der Waals surface area contributed by atoms with Crippen LogP contribution in [0.3, 0.4) is 0 Å². The number of hydrogen-bond acceptors (Lipinski definition) is 3. The number of aromatic nitrogens is 1. The van der Waals surface area contributed by atoms with Crippen molar-refractivity contribution >= 4 is 5.69 Å². The average molecular weight is 192 g/mol. The first-order valence-electron chi connectivity index (χ1n) is 3.32. The molecule has 13 heavy (non-hydrogen) atoms. The van der Waals surface area contributed by atoms with Crippen LogP contribution in [0.4, 0.5) is 18.9 Å². The van der Waals surface area contributed by atoms with Crippen molar-refractivity contribution in [3.05, 3.63) is 18.0 Å². The Morgan fingerprint density at radius 3 is 2.54 bits per heavy atom. The second-order valence-electron chi connectivity index (χ2n) is 2.27. The molecule has 0 radical (unpaired) electrons. The van der Waals surface area contributed by atoms with Crippen LogP contribution >= 0.6 is 0 Å². The van der Waals surface area contributed by atoms with Gasteiger partial charge in [-0.1, -0.05) is 0 Å². The molecule has 0 saturated heterocycles. The van der Waals surface area contributed by atoms with Gasteiger partial charge in [0.15, 0.2) is 5.69 Å². The van der Waals surface area contributed by atoms with Crippen LogP contribution in [0.5, 0.6) is 5.75 Å². The topological polar surface area (TPSA) is 48.1 Å². The van der Waals surface area contributed by atoms with Gasteiger partial charge in [0, 0.05) is 12.3 Å². The Bertz CT molecular complexity index is 311. The van der Waals surface area contributed by atoms with Gasteiger partial charge >= 0.3 is 6.18 Å². The number of anilines is 1. The van der Waals surface area contributed by atoms with E-state index in [2.05, 4.69) is 9.72 Å². The number of alkyl halides is 3. The Hall–Kier alpha value is -1.46. The predicted octanol–water partition coefficient (Wildman–Crippen LogP) is 1.69. The van der Waals surface area contributed by atoms with Gasteiger partial charge in [-0.3, -0.25) is 0 Å². The Kier molecular flexibility index (Phi) is 2.31. The Balaban J connectivity index is 3.24. The fourth-order valence-corrected chi connectivity index (χ4v) is 0.859. The second kappa shape index (κ2) is 3.12. The van der Waals surface area contributed by atoms with Crippen LogP contribution in [0, 0.1) is 0 Å². The molecule has 0 aliphatic rings. The number of ether oxygens (including phenoxy) is 1. The van der Waals surface area contributed by atoms with Gasteiger partial charge in [-0.15, -0.1) is 0 Å². The highest BCUT2D eigenvalue weighted by Crippen LogP contribution is 2.35. The summed E-state index contributed by atoms with van der Waals surface area (Å²) in [4.78, 5) is 3.13. The summed E-state index contributed by atoms with van der Waals surface area (Å²) in [6.07, 6.45) is -3.54. The lowest BCUT2D eigenvalue weighted by molar-refractivity contribution is -0.140. The van der Waals surface area contributed by atoms with E-state index in [-0.39, 0.29) is 5.75 Å². The van der Waals surface area contributed by atoms with Crippen LogP contribution in [0.25, 0.3) is 0 Å². The molecular weight excluding hydrogens is 185 g/mol. The molecule has 1 aromatic rings. The summed E-state index contributed by atoms with van der Waals surface area (Å²) in [5.41, 5.74) is 3.57. The van der Waals surface area contributed by atoms with Gasteiger partial charge in [0.25, 0.3) is 0 Å². The zero-order valence-electron chi connectivity index (χ0n) is 6.72. The van der Waals surface area contributed by atoms with E-state index in [0.717, 1.165) is 6.20 Å². The van der Waals surface area contributed by atoms with Crippen molar-refractivity contribution in [2.45, 2.75) is 6.18 Å². The molecule has 0 saturated carbocycles. The summed E-state index contributed by atoms with van der Waals surface area (Å²) in [5.74, 6) is -0.0256. The molecule has 3 nitrogen and oxygen atoms in total. The Labute approximate surface area is 72.3 Å². The van der Waals surface area contributed by atoms with Gasteiger partial charge in [0.05, 0.1) is 7.11 Å². The molecule has 0 spiro atoms. The lowest BCUT2D eigenvalue weighted by Crippen LogP contribution is -2.12. The monoisotopic (exact) mass is 192 g/mol. The fourth-order valence-electron chi connectivity index (χ4n) is 0.859. The van der Waals surface area contributed by atoms with E-state index in [1.165, 1.54) is 13.2 Å². The van der Waals surface area contributed by atoms with E-state index < -0.39 is 17.6 Å².